The van der Waals surface area contributed by atoms with Crippen molar-refractivity contribution in [3.8, 4) is 5.75 Å². The molecule has 0 aliphatic rings. The number of hydrogen-bond donors (Lipinski definition) is 0. The van der Waals surface area contributed by atoms with Crippen molar-refractivity contribution in [1.82, 2.24) is 4.90 Å². The fraction of sp³-hybridized carbons (Fsp3) is 0.214. The van der Waals surface area contributed by atoms with Gasteiger partial charge in [-0.25, -0.2) is 4.79 Å². The first-order chi connectivity index (χ1) is 17.0. The minimum atomic E-state index is -0.843. The summed E-state index contributed by atoms with van der Waals surface area (Å²) >= 11 is 0. The van der Waals surface area contributed by atoms with Crippen molar-refractivity contribution in [2.75, 3.05) is 0 Å². The SMILES string of the molecule is CC(C)N(C(=O)Oc1ccccc1P(c1ccccc1)c1ccccc1)C(C)C.[C-]#[O+].[C-]#[O+].[C-]#[O+].[Cr]. The summed E-state index contributed by atoms with van der Waals surface area (Å²) in [4.78, 5) is 14.7. The van der Waals surface area contributed by atoms with Crippen LogP contribution in [0.1, 0.15) is 27.7 Å². The predicted molar refractivity (Wildman–Crippen MR) is 135 cm³/mol. The Labute approximate surface area is 225 Å². The smallest absolute Gasteiger partial charge is 0 e. The quantitative estimate of drug-likeness (QED) is 0.251. The van der Waals surface area contributed by atoms with Crippen molar-refractivity contribution in [1.29, 1.82) is 0 Å². The number of nitrogens with zero attached hydrogens (tertiary/aromatic N) is 1. The van der Waals surface area contributed by atoms with Gasteiger partial charge in [0.2, 0.25) is 0 Å². The van der Waals surface area contributed by atoms with Crippen molar-refractivity contribution >= 4 is 29.9 Å². The van der Waals surface area contributed by atoms with Gasteiger partial charge in [0.15, 0.2) is 0 Å². The maximum Gasteiger partial charge on any atom is 0 e. The Morgan fingerprint density at radius 3 is 1.44 bits per heavy atom. The normalized spacial score (nSPS) is 9.14. The molecular formula is C28H28CrNO5P. The topological polar surface area (TPSA) is 89.2 Å². The minimum Gasteiger partial charge on any atom is 0 e. The number of hydrogen-bond acceptors (Lipinski definition) is 2. The van der Waals surface area contributed by atoms with E-state index in [9.17, 15) is 4.79 Å². The van der Waals surface area contributed by atoms with Crippen LogP contribution >= 0.6 is 7.92 Å². The van der Waals surface area contributed by atoms with Crippen LogP contribution in [0.3, 0.4) is 0 Å². The minimum absolute atomic E-state index is 0. The van der Waals surface area contributed by atoms with Crippen LogP contribution in [0.2, 0.25) is 0 Å². The summed E-state index contributed by atoms with van der Waals surface area (Å²) in [6.07, 6.45) is -0.307. The second-order valence-corrected chi connectivity index (χ2v) is 9.62. The molecule has 0 aromatic heterocycles. The average molecular weight is 542 g/mol. The van der Waals surface area contributed by atoms with E-state index in [2.05, 4.69) is 74.5 Å². The van der Waals surface area contributed by atoms with Gasteiger partial charge in [-0.2, -0.15) is 0 Å². The van der Waals surface area contributed by atoms with Crippen LogP contribution in [0.5, 0.6) is 5.75 Å². The molecule has 0 bridgehead atoms. The fourth-order valence-electron chi connectivity index (χ4n) is 3.47. The van der Waals surface area contributed by atoms with Gasteiger partial charge in [0.1, 0.15) is 5.75 Å². The molecule has 0 unspecified atom stereocenters. The van der Waals surface area contributed by atoms with E-state index in [1.54, 1.807) is 4.90 Å². The number of carbonyl (C=O) groups is 1. The van der Waals surface area contributed by atoms with E-state index in [0.29, 0.717) is 5.75 Å². The van der Waals surface area contributed by atoms with Crippen LogP contribution in [0.15, 0.2) is 84.9 Å². The third kappa shape index (κ3) is 10.4. The van der Waals surface area contributed by atoms with Gasteiger partial charge in [0, 0.05) is 34.7 Å². The average Bonchev–Trinajstić information content (AvgIpc) is 2.90. The molecule has 0 saturated carbocycles. The summed E-state index contributed by atoms with van der Waals surface area (Å²) in [6, 6.07) is 28.9. The predicted octanol–water partition coefficient (Wildman–Crippen LogP) is 4.95. The molecule has 3 rings (SSSR count). The standard InChI is InChI=1S/C25H28NO2P.3CO.Cr/c1-19(2)26(20(3)4)25(27)28-23-17-11-12-18-24(23)29(21-13-7-5-8-14-21)22-15-9-6-10-16-22;3*1-2;/h5-20H,1-4H3;;;;. The second-order valence-electron chi connectivity index (χ2n) is 7.44. The molecule has 0 radical (unpaired) electrons. The number of benzene rings is 3. The van der Waals surface area contributed by atoms with Gasteiger partial charge in [0.05, 0.1) is 0 Å². The molecule has 3 aromatic carbocycles. The molecule has 0 spiro atoms. The molecule has 0 aliphatic carbocycles. The van der Waals surface area contributed by atoms with Gasteiger partial charge >= 0.3 is 40.0 Å². The first kappa shape index (κ1) is 35.3. The van der Waals surface area contributed by atoms with Crippen molar-refractivity contribution in [3.05, 3.63) is 105 Å². The maximum absolute atomic E-state index is 13.0. The first-order valence-corrected chi connectivity index (χ1v) is 11.9. The van der Waals surface area contributed by atoms with Gasteiger partial charge in [-0.15, -0.1) is 0 Å². The Balaban J connectivity index is 0. The molecule has 0 N–H and O–H groups in total. The number of carbonyl (C=O) groups excluding carboxylic acids is 1. The van der Waals surface area contributed by atoms with Crippen LogP contribution in [-0.4, -0.2) is 23.1 Å². The molecule has 186 valence electrons. The summed E-state index contributed by atoms with van der Waals surface area (Å²) in [5, 5.41) is 3.49. The van der Waals surface area contributed by atoms with Crippen LogP contribution in [-0.2, 0) is 31.3 Å². The molecule has 0 heterocycles. The van der Waals surface area contributed by atoms with Crippen LogP contribution in [0.25, 0.3) is 0 Å². The molecule has 0 atom stereocenters. The fourth-order valence-corrected chi connectivity index (χ4v) is 5.85. The van der Waals surface area contributed by atoms with E-state index in [1.165, 1.54) is 10.6 Å². The van der Waals surface area contributed by atoms with E-state index >= 15 is 0 Å². The largest absolute Gasteiger partial charge is 0 e. The molecular weight excluding hydrogens is 513 g/mol. The van der Waals surface area contributed by atoms with Gasteiger partial charge in [-0.05, 0) is 52.3 Å². The summed E-state index contributed by atoms with van der Waals surface area (Å²) in [5.41, 5.74) is 0. The zero-order chi connectivity index (χ0) is 26.8. The van der Waals surface area contributed by atoms with E-state index < -0.39 is 7.92 Å². The van der Waals surface area contributed by atoms with Gasteiger partial charge in [-0.3, -0.25) is 0 Å². The Morgan fingerprint density at radius 1 is 0.694 bits per heavy atom. The third-order valence-electron chi connectivity index (χ3n) is 4.66. The Kier molecular flexibility index (Phi) is 19.9. The number of amides is 1. The molecule has 0 aliphatic heterocycles. The zero-order valence-electron chi connectivity index (χ0n) is 20.6. The van der Waals surface area contributed by atoms with E-state index in [1.807, 2.05) is 58.0 Å². The second kappa shape index (κ2) is 20.3. The Bertz CT molecular complexity index is 1010. The Morgan fingerprint density at radius 2 is 1.06 bits per heavy atom. The van der Waals surface area contributed by atoms with E-state index in [-0.39, 0.29) is 35.5 Å². The summed E-state index contributed by atoms with van der Waals surface area (Å²) < 4.78 is 28.5. The van der Waals surface area contributed by atoms with Gasteiger partial charge in [0.25, 0.3) is 0 Å². The van der Waals surface area contributed by atoms with Crippen molar-refractivity contribution in [2.45, 2.75) is 39.8 Å². The summed E-state index contributed by atoms with van der Waals surface area (Å²) in [5.74, 6) is 0.627. The summed E-state index contributed by atoms with van der Waals surface area (Å²) in [7, 11) is -0.843. The molecule has 0 fully saturated rings. The van der Waals surface area contributed by atoms with Gasteiger partial charge in [-0.1, -0.05) is 78.9 Å². The van der Waals surface area contributed by atoms with Crippen LogP contribution in [0, 0.1) is 20.0 Å². The van der Waals surface area contributed by atoms with Crippen molar-refractivity contribution < 1.29 is 40.8 Å². The first-order valence-electron chi connectivity index (χ1n) is 10.6. The number of ether oxygens (including phenoxy) is 1. The maximum atomic E-state index is 13.0. The molecule has 8 heteroatoms. The van der Waals surface area contributed by atoms with Crippen LogP contribution < -0.4 is 20.7 Å². The van der Waals surface area contributed by atoms with Crippen molar-refractivity contribution in [3.63, 3.8) is 0 Å². The molecule has 36 heavy (non-hydrogen) atoms. The molecule has 3 aromatic rings. The van der Waals surface area contributed by atoms with E-state index in [0.717, 1.165) is 5.30 Å². The van der Waals surface area contributed by atoms with E-state index in [4.69, 9.17) is 18.7 Å². The molecule has 0 saturated heterocycles. The third-order valence-corrected chi connectivity index (χ3v) is 7.14. The Hall–Kier alpha value is -2.89. The van der Waals surface area contributed by atoms with Crippen LogP contribution in [0.4, 0.5) is 4.79 Å². The molecule has 6 nitrogen and oxygen atoms in total. The number of para-hydroxylation sites is 1. The van der Waals surface area contributed by atoms with Gasteiger partial charge < -0.3 is 9.64 Å². The summed E-state index contributed by atoms with van der Waals surface area (Å²) in [6.45, 7) is 21.5. The van der Waals surface area contributed by atoms with Crippen molar-refractivity contribution in [2.24, 2.45) is 0 Å². The monoisotopic (exact) mass is 541 g/mol. The number of rotatable bonds is 6. The zero-order valence-corrected chi connectivity index (χ0v) is 22.8. The molecule has 1 amide bonds.